The predicted octanol–water partition coefficient (Wildman–Crippen LogP) is 2.95. The molecule has 1 unspecified atom stereocenters. The molecule has 6 nitrogen and oxygen atoms in total. The summed E-state index contributed by atoms with van der Waals surface area (Å²) >= 11 is 0. The van der Waals surface area contributed by atoms with Crippen LogP contribution in [0.4, 0.5) is 4.39 Å². The fraction of sp³-hybridized carbons (Fsp3) is 0.292. The largest absolute Gasteiger partial charge is 0.338 e. The molecule has 31 heavy (non-hydrogen) atoms. The second-order valence-electron chi connectivity index (χ2n) is 7.77. The Kier molecular flexibility index (Phi) is 6.23. The number of rotatable bonds is 5. The minimum Gasteiger partial charge on any atom is -0.338 e. The summed E-state index contributed by atoms with van der Waals surface area (Å²) in [5.41, 5.74) is 2.12. The standard InChI is InChI=1S/C24H25FN4O2/c1-18(29-23(30)12-11-22(26-29)20-7-9-21(25)10-8-20)24(31)28-15-13-27(14-16-28)17-19-5-3-2-4-6-19/h2-12,18H,13-17H2,1H3. The lowest BCUT2D eigenvalue weighted by Crippen LogP contribution is -2.50. The Bertz CT molecular complexity index is 1090. The van der Waals surface area contributed by atoms with Gasteiger partial charge in [-0.3, -0.25) is 14.5 Å². The van der Waals surface area contributed by atoms with Crippen LogP contribution in [0.15, 0.2) is 71.5 Å². The number of hydrogen-bond donors (Lipinski definition) is 0. The molecule has 0 radical (unpaired) electrons. The van der Waals surface area contributed by atoms with E-state index in [0.29, 0.717) is 24.3 Å². The molecule has 7 heteroatoms. The summed E-state index contributed by atoms with van der Waals surface area (Å²) in [6.45, 7) is 5.35. The number of piperazine rings is 1. The zero-order valence-electron chi connectivity index (χ0n) is 17.4. The zero-order valence-corrected chi connectivity index (χ0v) is 17.4. The van der Waals surface area contributed by atoms with Crippen molar-refractivity contribution in [1.82, 2.24) is 19.6 Å². The normalized spacial score (nSPS) is 15.6. The lowest BCUT2D eigenvalue weighted by atomic mass is 10.1. The molecule has 2 aromatic carbocycles. The van der Waals surface area contributed by atoms with Crippen LogP contribution in [0.25, 0.3) is 11.3 Å². The van der Waals surface area contributed by atoms with Gasteiger partial charge in [0.1, 0.15) is 11.9 Å². The Morgan fingerprint density at radius 2 is 1.65 bits per heavy atom. The summed E-state index contributed by atoms with van der Waals surface area (Å²) in [6, 6.07) is 18.4. The monoisotopic (exact) mass is 420 g/mol. The van der Waals surface area contributed by atoms with E-state index in [9.17, 15) is 14.0 Å². The third kappa shape index (κ3) is 4.88. The number of benzene rings is 2. The van der Waals surface area contributed by atoms with Crippen molar-refractivity contribution in [3.8, 4) is 11.3 Å². The summed E-state index contributed by atoms with van der Waals surface area (Å²) in [5.74, 6) is -0.461. The first kappa shape index (κ1) is 20.9. The highest BCUT2D eigenvalue weighted by Gasteiger charge is 2.27. The maximum atomic E-state index is 13.2. The van der Waals surface area contributed by atoms with E-state index in [1.54, 1.807) is 30.0 Å². The average molecular weight is 420 g/mol. The SMILES string of the molecule is CC(C(=O)N1CCN(Cc2ccccc2)CC1)n1nc(-c2ccc(F)cc2)ccc1=O. The summed E-state index contributed by atoms with van der Waals surface area (Å²) in [6.07, 6.45) is 0. The lowest BCUT2D eigenvalue weighted by molar-refractivity contribution is -0.136. The van der Waals surface area contributed by atoms with Gasteiger partial charge in [-0.2, -0.15) is 5.10 Å². The van der Waals surface area contributed by atoms with Crippen molar-refractivity contribution >= 4 is 5.91 Å². The Labute approximate surface area is 180 Å². The Morgan fingerprint density at radius 3 is 2.32 bits per heavy atom. The first-order chi connectivity index (χ1) is 15.0. The van der Waals surface area contributed by atoms with Gasteiger partial charge in [-0.05, 0) is 42.8 Å². The quantitative estimate of drug-likeness (QED) is 0.637. The molecule has 1 fully saturated rings. The molecule has 0 aliphatic carbocycles. The predicted molar refractivity (Wildman–Crippen MR) is 117 cm³/mol. The van der Waals surface area contributed by atoms with Crippen LogP contribution in [0.1, 0.15) is 18.5 Å². The Balaban J connectivity index is 1.43. The van der Waals surface area contributed by atoms with E-state index in [4.69, 9.17) is 0 Å². The van der Waals surface area contributed by atoms with Crippen LogP contribution in [0.2, 0.25) is 0 Å². The molecule has 0 bridgehead atoms. The van der Waals surface area contributed by atoms with Crippen molar-refractivity contribution in [3.63, 3.8) is 0 Å². The number of aromatic nitrogens is 2. The van der Waals surface area contributed by atoms with Crippen LogP contribution in [-0.2, 0) is 11.3 Å². The van der Waals surface area contributed by atoms with Gasteiger partial charge < -0.3 is 4.90 Å². The molecule has 0 saturated carbocycles. The molecule has 1 atom stereocenters. The van der Waals surface area contributed by atoms with Crippen LogP contribution >= 0.6 is 0 Å². The molecular weight excluding hydrogens is 395 g/mol. The second kappa shape index (κ2) is 9.22. The topological polar surface area (TPSA) is 58.4 Å². The molecule has 0 N–H and O–H groups in total. The van der Waals surface area contributed by atoms with Crippen LogP contribution in [0.3, 0.4) is 0 Å². The van der Waals surface area contributed by atoms with E-state index in [1.165, 1.54) is 28.4 Å². The fourth-order valence-electron chi connectivity index (χ4n) is 3.81. The van der Waals surface area contributed by atoms with Crippen LogP contribution < -0.4 is 5.56 Å². The number of hydrogen-bond acceptors (Lipinski definition) is 4. The number of carbonyl (C=O) groups is 1. The van der Waals surface area contributed by atoms with Gasteiger partial charge in [0.2, 0.25) is 5.91 Å². The number of nitrogens with zero attached hydrogens (tertiary/aromatic N) is 4. The molecule has 1 amide bonds. The first-order valence-corrected chi connectivity index (χ1v) is 10.4. The van der Waals surface area contributed by atoms with Gasteiger partial charge in [0, 0.05) is 44.4 Å². The maximum absolute atomic E-state index is 13.2. The minimum absolute atomic E-state index is 0.120. The molecule has 3 aromatic rings. The van der Waals surface area contributed by atoms with Crippen molar-refractivity contribution in [1.29, 1.82) is 0 Å². The molecule has 0 spiro atoms. The van der Waals surface area contributed by atoms with E-state index in [0.717, 1.165) is 19.6 Å². The van der Waals surface area contributed by atoms with E-state index < -0.39 is 6.04 Å². The molecule has 1 aromatic heterocycles. The van der Waals surface area contributed by atoms with Crippen LogP contribution in [-0.4, -0.2) is 51.7 Å². The Hall–Kier alpha value is -3.32. The van der Waals surface area contributed by atoms with E-state index in [1.807, 2.05) is 18.2 Å². The van der Waals surface area contributed by atoms with Crippen molar-refractivity contribution in [2.24, 2.45) is 0 Å². The summed E-state index contributed by atoms with van der Waals surface area (Å²) in [5, 5.41) is 4.38. The number of amides is 1. The highest BCUT2D eigenvalue weighted by atomic mass is 19.1. The van der Waals surface area contributed by atoms with Crippen molar-refractivity contribution in [2.45, 2.75) is 19.5 Å². The molecule has 1 aliphatic rings. The van der Waals surface area contributed by atoms with Gasteiger partial charge in [-0.1, -0.05) is 30.3 Å². The van der Waals surface area contributed by atoms with Crippen molar-refractivity contribution in [2.75, 3.05) is 26.2 Å². The third-order valence-corrected chi connectivity index (χ3v) is 5.62. The fourth-order valence-corrected chi connectivity index (χ4v) is 3.81. The second-order valence-corrected chi connectivity index (χ2v) is 7.77. The van der Waals surface area contributed by atoms with E-state index >= 15 is 0 Å². The zero-order chi connectivity index (χ0) is 21.8. The van der Waals surface area contributed by atoms with Gasteiger partial charge in [0.15, 0.2) is 0 Å². The third-order valence-electron chi connectivity index (χ3n) is 5.62. The summed E-state index contributed by atoms with van der Waals surface area (Å²) in [4.78, 5) is 29.6. The minimum atomic E-state index is -0.714. The average Bonchev–Trinajstić information content (AvgIpc) is 2.80. The molecule has 2 heterocycles. The summed E-state index contributed by atoms with van der Waals surface area (Å²) < 4.78 is 14.4. The highest BCUT2D eigenvalue weighted by Crippen LogP contribution is 2.18. The first-order valence-electron chi connectivity index (χ1n) is 10.4. The van der Waals surface area contributed by atoms with Gasteiger partial charge in [-0.25, -0.2) is 9.07 Å². The maximum Gasteiger partial charge on any atom is 0.267 e. The number of carbonyl (C=O) groups excluding carboxylic acids is 1. The molecular formula is C24H25FN4O2. The van der Waals surface area contributed by atoms with Gasteiger partial charge in [0.25, 0.3) is 5.56 Å². The Morgan fingerprint density at radius 1 is 0.968 bits per heavy atom. The molecule has 1 saturated heterocycles. The van der Waals surface area contributed by atoms with Gasteiger partial charge in [-0.15, -0.1) is 0 Å². The number of halogens is 1. The van der Waals surface area contributed by atoms with Crippen LogP contribution in [0.5, 0.6) is 0 Å². The smallest absolute Gasteiger partial charge is 0.267 e. The molecule has 1 aliphatic heterocycles. The van der Waals surface area contributed by atoms with Crippen LogP contribution in [0, 0.1) is 5.82 Å². The summed E-state index contributed by atoms with van der Waals surface area (Å²) in [7, 11) is 0. The van der Waals surface area contributed by atoms with Crippen molar-refractivity contribution in [3.05, 3.63) is 88.5 Å². The lowest BCUT2D eigenvalue weighted by Gasteiger charge is -2.36. The highest BCUT2D eigenvalue weighted by molar-refractivity contribution is 5.80. The van der Waals surface area contributed by atoms with Crippen molar-refractivity contribution < 1.29 is 9.18 Å². The van der Waals surface area contributed by atoms with E-state index in [-0.39, 0.29) is 17.3 Å². The van der Waals surface area contributed by atoms with Gasteiger partial charge >= 0.3 is 0 Å². The molecule has 160 valence electrons. The van der Waals surface area contributed by atoms with Gasteiger partial charge in [0.05, 0.1) is 5.69 Å². The molecule has 4 rings (SSSR count). The van der Waals surface area contributed by atoms with E-state index in [2.05, 4.69) is 22.1 Å².